The van der Waals surface area contributed by atoms with Crippen molar-refractivity contribution in [3.63, 3.8) is 0 Å². The fourth-order valence-corrected chi connectivity index (χ4v) is 5.94. The Morgan fingerprint density at radius 1 is 1.23 bits per heavy atom. The Morgan fingerprint density at radius 3 is 2.54 bits per heavy atom. The second-order valence-electron chi connectivity index (χ2n) is 7.76. The van der Waals surface area contributed by atoms with Gasteiger partial charge in [0.05, 0.1) is 6.61 Å². The largest absolute Gasteiger partial charge is 0.492 e. The number of Topliss-reactive ketones (excluding diaryl/α,β-unsaturated/α-hetero) is 1. The molecule has 1 aliphatic heterocycles. The number of carbonyl (C=O) groups excluding carboxylic acids is 2. The van der Waals surface area contributed by atoms with Crippen LogP contribution in [0.4, 0.5) is 0 Å². The monoisotopic (exact) mass is 561 g/mol. The molecule has 9 nitrogen and oxygen atoms in total. The van der Waals surface area contributed by atoms with E-state index in [0.717, 1.165) is 15.4 Å². The Morgan fingerprint density at radius 2 is 1.91 bits per heavy atom. The van der Waals surface area contributed by atoms with Crippen molar-refractivity contribution in [3.8, 4) is 11.8 Å². The van der Waals surface area contributed by atoms with E-state index in [1.54, 1.807) is 37.3 Å². The van der Waals surface area contributed by atoms with E-state index in [2.05, 4.69) is 15.9 Å². The Bertz CT molecular complexity index is 1330. The summed E-state index contributed by atoms with van der Waals surface area (Å²) in [6, 6.07) is 12.3. The van der Waals surface area contributed by atoms with Gasteiger partial charge in [0, 0.05) is 23.1 Å². The molecular weight excluding hydrogens is 538 g/mol. The van der Waals surface area contributed by atoms with Crippen LogP contribution in [0.5, 0.6) is 5.75 Å². The Kier molecular flexibility index (Phi) is 8.32. The molecule has 0 spiro atoms. The molecule has 0 saturated carbocycles. The maximum absolute atomic E-state index is 13.8. The van der Waals surface area contributed by atoms with Gasteiger partial charge in [0.2, 0.25) is 15.8 Å². The van der Waals surface area contributed by atoms with E-state index < -0.39 is 34.4 Å². The molecule has 1 aliphatic rings. The van der Waals surface area contributed by atoms with Crippen LogP contribution in [0.1, 0.15) is 25.0 Å². The number of ketones is 1. The number of halogens is 1. The first-order valence-electron chi connectivity index (χ1n) is 10.7. The fourth-order valence-electron chi connectivity index (χ4n) is 3.71. The summed E-state index contributed by atoms with van der Waals surface area (Å²) in [6.07, 6.45) is 0.0528. The molecule has 0 bridgehead atoms. The Labute approximate surface area is 212 Å². The van der Waals surface area contributed by atoms with Gasteiger partial charge in [0.1, 0.15) is 28.3 Å². The number of allylic oxidation sites excluding steroid dienone is 1. The van der Waals surface area contributed by atoms with Crippen molar-refractivity contribution in [2.45, 2.75) is 37.8 Å². The molecule has 184 valence electrons. The number of benzene rings is 2. The third-order valence-corrected chi connectivity index (χ3v) is 7.77. The highest BCUT2D eigenvalue weighted by Crippen LogP contribution is 2.35. The van der Waals surface area contributed by atoms with E-state index in [1.807, 2.05) is 6.07 Å². The molecule has 1 atom stereocenters. The number of carbonyl (C=O) groups is 2. The number of nitrogens with zero attached hydrogens (tertiary/aromatic N) is 2. The molecule has 2 aromatic carbocycles. The van der Waals surface area contributed by atoms with Crippen LogP contribution in [0.2, 0.25) is 0 Å². The number of fused-ring (bicyclic) bond motifs is 1. The van der Waals surface area contributed by atoms with E-state index in [1.165, 1.54) is 19.1 Å². The normalized spacial score (nSPS) is 16.5. The summed E-state index contributed by atoms with van der Waals surface area (Å²) in [7, 11) is -4.24. The number of esters is 1. The van der Waals surface area contributed by atoms with E-state index in [9.17, 15) is 18.0 Å². The second-order valence-corrected chi connectivity index (χ2v) is 10.5. The molecule has 3 rings (SSSR count). The molecular formula is C24H24BrN3O6S. The molecule has 2 N–H and O–H groups in total. The minimum absolute atomic E-state index is 0.00227. The first-order valence-corrected chi connectivity index (χ1v) is 12.9. The van der Waals surface area contributed by atoms with Gasteiger partial charge in [0.15, 0.2) is 6.61 Å². The van der Waals surface area contributed by atoms with Gasteiger partial charge in [-0.15, -0.1) is 0 Å². The lowest BCUT2D eigenvalue weighted by atomic mass is 9.96. The summed E-state index contributed by atoms with van der Waals surface area (Å²) in [5, 5.41) is 9.10. The van der Waals surface area contributed by atoms with Gasteiger partial charge in [-0.25, -0.2) is 8.42 Å². The van der Waals surface area contributed by atoms with Crippen LogP contribution in [-0.2, 0) is 37.3 Å². The lowest BCUT2D eigenvalue weighted by Gasteiger charge is -2.34. The molecule has 0 unspecified atom stereocenters. The molecule has 35 heavy (non-hydrogen) atoms. The molecule has 0 amide bonds. The summed E-state index contributed by atoms with van der Waals surface area (Å²) in [5.74, 6) is -1.52. The highest BCUT2D eigenvalue weighted by atomic mass is 79.9. The van der Waals surface area contributed by atoms with Gasteiger partial charge in [-0.3, -0.25) is 9.59 Å². The van der Waals surface area contributed by atoms with E-state index in [4.69, 9.17) is 20.5 Å². The zero-order chi connectivity index (χ0) is 25.8. The Hall–Kier alpha value is -3.20. The first kappa shape index (κ1) is 26.4. The highest BCUT2D eigenvalue weighted by Gasteiger charge is 2.42. The minimum atomic E-state index is -4.24. The molecule has 0 aromatic heterocycles. The van der Waals surface area contributed by atoms with Crippen molar-refractivity contribution in [1.29, 1.82) is 5.26 Å². The van der Waals surface area contributed by atoms with Crippen molar-refractivity contribution < 1.29 is 27.5 Å². The zero-order valence-corrected chi connectivity index (χ0v) is 21.6. The summed E-state index contributed by atoms with van der Waals surface area (Å²) >= 11 is 3.30. The second kappa shape index (κ2) is 11.0. The van der Waals surface area contributed by atoms with Crippen LogP contribution in [0.25, 0.3) is 0 Å². The van der Waals surface area contributed by atoms with Crippen molar-refractivity contribution >= 4 is 37.7 Å². The third kappa shape index (κ3) is 5.73. The van der Waals surface area contributed by atoms with Crippen LogP contribution < -0.4 is 10.5 Å². The van der Waals surface area contributed by atoms with Gasteiger partial charge < -0.3 is 15.2 Å². The standard InChI is InChI=1S/C24H24BrN3O6S/c1-3-33-22-9-8-18(25)11-23(22)35(31,32)28-13-17-7-5-4-6-16(17)10-20(28)24(30)34-14-21(29)19(12-26)15(2)27/h4-9,11,20H,3,10,13-14,27H2,1-2H3/b19-15+/t20-/m1/s1. The Balaban J connectivity index is 1.99. The topological polar surface area (TPSA) is 140 Å². The summed E-state index contributed by atoms with van der Waals surface area (Å²) < 4.78 is 39.9. The summed E-state index contributed by atoms with van der Waals surface area (Å²) in [6.45, 7) is 2.56. The van der Waals surface area contributed by atoms with Gasteiger partial charge in [0.25, 0.3) is 0 Å². The van der Waals surface area contributed by atoms with E-state index >= 15 is 0 Å². The number of rotatable bonds is 8. The molecule has 11 heteroatoms. The highest BCUT2D eigenvalue weighted by molar-refractivity contribution is 9.10. The van der Waals surface area contributed by atoms with E-state index in [-0.39, 0.29) is 41.5 Å². The number of hydrogen-bond donors (Lipinski definition) is 1. The van der Waals surface area contributed by atoms with Crippen LogP contribution >= 0.6 is 15.9 Å². The predicted octanol–water partition coefficient (Wildman–Crippen LogP) is 2.83. The molecule has 0 radical (unpaired) electrons. The molecule has 0 saturated heterocycles. The average molecular weight is 562 g/mol. The number of nitrogens with two attached hydrogens (primary N) is 1. The predicted molar refractivity (Wildman–Crippen MR) is 130 cm³/mol. The minimum Gasteiger partial charge on any atom is -0.492 e. The smallest absolute Gasteiger partial charge is 0.325 e. The number of hydrogen-bond acceptors (Lipinski definition) is 8. The van der Waals surface area contributed by atoms with E-state index in [0.29, 0.717) is 4.47 Å². The van der Waals surface area contributed by atoms with Gasteiger partial charge in [-0.2, -0.15) is 9.57 Å². The third-order valence-electron chi connectivity index (χ3n) is 5.40. The van der Waals surface area contributed by atoms with Crippen LogP contribution in [-0.4, -0.2) is 43.7 Å². The summed E-state index contributed by atoms with van der Waals surface area (Å²) in [4.78, 5) is 25.3. The average Bonchev–Trinajstić information content (AvgIpc) is 2.83. The van der Waals surface area contributed by atoms with Gasteiger partial charge in [-0.05, 0) is 43.2 Å². The molecule has 0 aliphatic carbocycles. The first-order chi connectivity index (χ1) is 16.6. The number of nitriles is 1. The SMILES string of the molecule is CCOc1ccc(Br)cc1S(=O)(=O)N1Cc2ccccc2C[C@@H]1C(=O)OCC(=O)/C(C#N)=C(\C)N. The maximum Gasteiger partial charge on any atom is 0.325 e. The molecule has 0 fully saturated rings. The lowest BCUT2D eigenvalue weighted by molar-refractivity contribution is -0.151. The van der Waals surface area contributed by atoms with Gasteiger partial charge in [-0.1, -0.05) is 40.2 Å². The molecule has 2 aromatic rings. The van der Waals surface area contributed by atoms with Crippen molar-refractivity contribution in [2.24, 2.45) is 5.73 Å². The quantitative estimate of drug-likeness (QED) is 0.294. The number of ether oxygens (including phenoxy) is 2. The van der Waals surface area contributed by atoms with Crippen molar-refractivity contribution in [1.82, 2.24) is 4.31 Å². The van der Waals surface area contributed by atoms with Crippen LogP contribution in [0.3, 0.4) is 0 Å². The lowest BCUT2D eigenvalue weighted by Crippen LogP contribution is -2.49. The van der Waals surface area contributed by atoms with Gasteiger partial charge >= 0.3 is 5.97 Å². The van der Waals surface area contributed by atoms with Crippen LogP contribution in [0, 0.1) is 11.3 Å². The van der Waals surface area contributed by atoms with Crippen LogP contribution in [0.15, 0.2) is 63.1 Å². The number of sulfonamides is 1. The summed E-state index contributed by atoms with van der Waals surface area (Å²) in [5.41, 5.74) is 6.77. The maximum atomic E-state index is 13.8. The zero-order valence-electron chi connectivity index (χ0n) is 19.2. The fraction of sp³-hybridized carbons (Fsp3) is 0.292. The van der Waals surface area contributed by atoms with Crippen molar-refractivity contribution in [2.75, 3.05) is 13.2 Å². The molecule has 1 heterocycles. The van der Waals surface area contributed by atoms with Crippen molar-refractivity contribution in [3.05, 3.63) is 69.3 Å².